The molecular weight excluding hydrogens is 305 g/mol. The molecule has 0 spiro atoms. The maximum absolute atomic E-state index is 12.5. The van der Waals surface area contributed by atoms with Crippen LogP contribution in [0.25, 0.3) is 0 Å². The number of nitrogens with zero attached hydrogens (tertiary/aromatic N) is 2. The Morgan fingerprint density at radius 1 is 1.64 bits per heavy atom. The molecule has 1 aromatic rings. The molecule has 0 saturated heterocycles. The number of aromatic nitrogens is 1. The summed E-state index contributed by atoms with van der Waals surface area (Å²) in [6.45, 7) is -0.605. The molecule has 14 heavy (non-hydrogen) atoms. The summed E-state index contributed by atoms with van der Waals surface area (Å²) >= 11 is 1.74. The molecule has 0 aromatic carbocycles. The summed E-state index contributed by atoms with van der Waals surface area (Å²) in [7, 11) is 0. The zero-order valence-corrected chi connectivity index (χ0v) is 8.99. The van der Waals surface area contributed by atoms with Gasteiger partial charge in [0.25, 0.3) is 6.43 Å². The van der Waals surface area contributed by atoms with Gasteiger partial charge in [-0.15, -0.1) is 0 Å². The van der Waals surface area contributed by atoms with E-state index in [1.54, 1.807) is 28.7 Å². The Balaban J connectivity index is 3.41. The van der Waals surface area contributed by atoms with E-state index in [1.165, 1.54) is 0 Å². The number of aliphatic hydroxyl groups excluding tert-OH is 1. The van der Waals surface area contributed by atoms with E-state index in [2.05, 4.69) is 4.98 Å². The van der Waals surface area contributed by atoms with Gasteiger partial charge in [0.05, 0.1) is 6.61 Å². The molecule has 0 amide bonds. The lowest BCUT2D eigenvalue weighted by atomic mass is 10.1. The molecule has 0 aliphatic rings. The van der Waals surface area contributed by atoms with Crippen molar-refractivity contribution >= 4 is 22.6 Å². The van der Waals surface area contributed by atoms with Crippen molar-refractivity contribution in [3.05, 3.63) is 26.6 Å². The van der Waals surface area contributed by atoms with Crippen molar-refractivity contribution in [1.29, 1.82) is 5.26 Å². The number of pyridine rings is 1. The van der Waals surface area contributed by atoms with Crippen LogP contribution in [0, 0.1) is 15.0 Å². The second kappa shape index (κ2) is 4.61. The molecule has 0 aliphatic heterocycles. The molecule has 1 N–H and O–H groups in total. The highest BCUT2D eigenvalue weighted by Gasteiger charge is 2.17. The van der Waals surface area contributed by atoms with Gasteiger partial charge in [-0.3, -0.25) is 0 Å². The fraction of sp³-hybridized carbons (Fsp3) is 0.250. The number of alkyl halides is 2. The minimum Gasteiger partial charge on any atom is -0.392 e. The molecule has 0 radical (unpaired) electrons. The van der Waals surface area contributed by atoms with Crippen LogP contribution >= 0.6 is 22.6 Å². The van der Waals surface area contributed by atoms with Crippen LogP contribution in [-0.4, -0.2) is 10.1 Å². The first-order valence-corrected chi connectivity index (χ1v) is 4.66. The average Bonchev–Trinajstić information content (AvgIpc) is 2.16. The molecule has 0 unspecified atom stereocenters. The Bertz CT molecular complexity index is 390. The molecule has 74 valence electrons. The Labute approximate surface area is 92.5 Å². The molecule has 0 bridgehead atoms. The quantitative estimate of drug-likeness (QED) is 0.671. The standard InChI is InChI=1S/C8H5F2IN2O/c9-8(10)4-1-7(11)13-6(2-12)5(4)3-14/h1,8,14H,3H2. The molecule has 1 heterocycles. The van der Waals surface area contributed by atoms with Crippen molar-refractivity contribution in [3.8, 4) is 6.07 Å². The molecule has 0 fully saturated rings. The molecule has 0 atom stereocenters. The van der Waals surface area contributed by atoms with E-state index in [9.17, 15) is 8.78 Å². The summed E-state index contributed by atoms with van der Waals surface area (Å²) in [5.74, 6) is 0. The first-order valence-electron chi connectivity index (χ1n) is 3.58. The highest BCUT2D eigenvalue weighted by molar-refractivity contribution is 14.1. The summed E-state index contributed by atoms with van der Waals surface area (Å²) in [5, 5.41) is 17.5. The lowest BCUT2D eigenvalue weighted by molar-refractivity contribution is 0.146. The topological polar surface area (TPSA) is 56.9 Å². The number of aliphatic hydroxyl groups is 1. The van der Waals surface area contributed by atoms with Gasteiger partial charge in [0.1, 0.15) is 15.5 Å². The van der Waals surface area contributed by atoms with Gasteiger partial charge in [-0.25, -0.2) is 13.8 Å². The first-order chi connectivity index (χ1) is 6.60. The zero-order valence-electron chi connectivity index (χ0n) is 6.84. The van der Waals surface area contributed by atoms with E-state index >= 15 is 0 Å². The number of hydrogen-bond donors (Lipinski definition) is 1. The van der Waals surface area contributed by atoms with Crippen molar-refractivity contribution in [2.24, 2.45) is 0 Å². The molecular formula is C8H5F2IN2O. The van der Waals surface area contributed by atoms with Crippen molar-refractivity contribution in [1.82, 2.24) is 4.98 Å². The smallest absolute Gasteiger partial charge is 0.264 e. The second-order valence-corrected chi connectivity index (χ2v) is 3.54. The third-order valence-corrected chi connectivity index (χ3v) is 2.18. The highest BCUT2D eigenvalue weighted by Crippen LogP contribution is 2.25. The van der Waals surface area contributed by atoms with Gasteiger partial charge < -0.3 is 5.11 Å². The summed E-state index contributed by atoms with van der Waals surface area (Å²) in [6.07, 6.45) is -2.71. The van der Waals surface area contributed by atoms with E-state index in [4.69, 9.17) is 10.4 Å². The predicted octanol–water partition coefficient (Wildman–Crippen LogP) is 1.99. The van der Waals surface area contributed by atoms with Crippen LogP contribution in [0.2, 0.25) is 0 Å². The van der Waals surface area contributed by atoms with Crippen LogP contribution in [0.1, 0.15) is 23.2 Å². The molecule has 6 heteroatoms. The van der Waals surface area contributed by atoms with Gasteiger partial charge in [0, 0.05) is 11.1 Å². The van der Waals surface area contributed by atoms with Crippen LogP contribution in [0.3, 0.4) is 0 Å². The van der Waals surface area contributed by atoms with Gasteiger partial charge in [0.15, 0.2) is 0 Å². The predicted molar refractivity (Wildman–Crippen MR) is 52.5 cm³/mol. The normalized spacial score (nSPS) is 10.3. The van der Waals surface area contributed by atoms with Crippen LogP contribution < -0.4 is 0 Å². The number of rotatable bonds is 2. The second-order valence-electron chi connectivity index (χ2n) is 2.43. The Kier molecular flexibility index (Phi) is 3.71. The van der Waals surface area contributed by atoms with E-state index in [1.807, 2.05) is 0 Å². The molecule has 0 aliphatic carbocycles. The Morgan fingerprint density at radius 3 is 2.71 bits per heavy atom. The lowest BCUT2D eigenvalue weighted by Crippen LogP contribution is -2.02. The molecule has 1 rings (SSSR count). The van der Waals surface area contributed by atoms with E-state index in [0.717, 1.165) is 6.07 Å². The summed E-state index contributed by atoms with van der Waals surface area (Å²) in [4.78, 5) is 3.74. The maximum Gasteiger partial charge on any atom is 0.264 e. The van der Waals surface area contributed by atoms with E-state index in [-0.39, 0.29) is 16.8 Å². The summed E-state index contributed by atoms with van der Waals surface area (Å²) in [6, 6.07) is 2.84. The number of nitriles is 1. The third-order valence-electron chi connectivity index (χ3n) is 1.63. The van der Waals surface area contributed by atoms with Crippen molar-refractivity contribution < 1.29 is 13.9 Å². The van der Waals surface area contributed by atoms with Gasteiger partial charge in [-0.05, 0) is 28.7 Å². The van der Waals surface area contributed by atoms with Crippen LogP contribution in [0.15, 0.2) is 6.07 Å². The zero-order chi connectivity index (χ0) is 10.7. The Hall–Kier alpha value is -0.810. The van der Waals surface area contributed by atoms with Crippen molar-refractivity contribution in [2.75, 3.05) is 0 Å². The van der Waals surface area contributed by atoms with Crippen LogP contribution in [0.4, 0.5) is 8.78 Å². The molecule has 0 saturated carbocycles. The van der Waals surface area contributed by atoms with Crippen LogP contribution in [-0.2, 0) is 6.61 Å². The SMILES string of the molecule is N#Cc1nc(I)cc(C(F)F)c1CO. The third kappa shape index (κ3) is 2.16. The van der Waals surface area contributed by atoms with Crippen LogP contribution in [0.5, 0.6) is 0 Å². The lowest BCUT2D eigenvalue weighted by Gasteiger charge is -2.07. The number of hydrogen-bond acceptors (Lipinski definition) is 3. The maximum atomic E-state index is 12.5. The molecule has 3 nitrogen and oxygen atoms in total. The van der Waals surface area contributed by atoms with E-state index in [0.29, 0.717) is 3.70 Å². The van der Waals surface area contributed by atoms with Crippen molar-refractivity contribution in [2.45, 2.75) is 13.0 Å². The van der Waals surface area contributed by atoms with Crippen molar-refractivity contribution in [3.63, 3.8) is 0 Å². The van der Waals surface area contributed by atoms with E-state index < -0.39 is 13.0 Å². The van der Waals surface area contributed by atoms with Gasteiger partial charge in [-0.2, -0.15) is 5.26 Å². The number of halogens is 3. The fourth-order valence-corrected chi connectivity index (χ4v) is 1.59. The summed E-state index contributed by atoms with van der Waals surface area (Å²) < 4.78 is 25.2. The largest absolute Gasteiger partial charge is 0.392 e. The van der Waals surface area contributed by atoms with Gasteiger partial charge >= 0.3 is 0 Å². The fourth-order valence-electron chi connectivity index (χ4n) is 1.01. The molecule has 1 aromatic heterocycles. The minimum absolute atomic E-state index is 0.0945. The first kappa shape index (κ1) is 11.3. The average molecular weight is 310 g/mol. The van der Waals surface area contributed by atoms with Gasteiger partial charge in [-0.1, -0.05) is 0 Å². The minimum atomic E-state index is -2.71. The monoisotopic (exact) mass is 310 g/mol. The Morgan fingerprint density at radius 2 is 2.29 bits per heavy atom. The summed E-state index contributed by atoms with van der Waals surface area (Å²) in [5.41, 5.74) is -0.568. The highest BCUT2D eigenvalue weighted by atomic mass is 127. The van der Waals surface area contributed by atoms with Gasteiger partial charge in [0.2, 0.25) is 0 Å².